The summed E-state index contributed by atoms with van der Waals surface area (Å²) >= 11 is 0. The zero-order valence-corrected chi connectivity index (χ0v) is 11.1. The normalized spacial score (nSPS) is 10.7. The number of carbonyl (C=O) groups excluding carboxylic acids is 1. The molecule has 1 aromatic carbocycles. The van der Waals surface area contributed by atoms with Gasteiger partial charge in [0.15, 0.2) is 0 Å². The van der Waals surface area contributed by atoms with Crippen LogP contribution in [-0.4, -0.2) is 29.1 Å². The van der Waals surface area contributed by atoms with Gasteiger partial charge in [-0.25, -0.2) is 4.39 Å². The van der Waals surface area contributed by atoms with E-state index >= 15 is 0 Å². The molecule has 1 amide bonds. The summed E-state index contributed by atoms with van der Waals surface area (Å²) in [7, 11) is 0. The van der Waals surface area contributed by atoms with Crippen molar-refractivity contribution in [3.05, 3.63) is 41.8 Å². The number of unbranched alkanes of at least 4 members (excludes halogenated alkanes) is 2. The molecule has 20 heavy (non-hydrogen) atoms. The van der Waals surface area contributed by atoms with Gasteiger partial charge in [-0.3, -0.25) is 9.78 Å². The molecule has 0 bridgehead atoms. The Hall–Kier alpha value is -2.01. The third-order valence-corrected chi connectivity index (χ3v) is 3.03. The number of aliphatic hydroxyl groups is 1. The van der Waals surface area contributed by atoms with Crippen LogP contribution in [0.1, 0.15) is 29.6 Å². The van der Waals surface area contributed by atoms with Crippen molar-refractivity contribution in [2.24, 2.45) is 0 Å². The van der Waals surface area contributed by atoms with Gasteiger partial charge in [-0.15, -0.1) is 0 Å². The predicted molar refractivity (Wildman–Crippen MR) is 75.0 cm³/mol. The topological polar surface area (TPSA) is 62.2 Å². The Labute approximate surface area is 116 Å². The lowest BCUT2D eigenvalue weighted by molar-refractivity contribution is 0.0952. The van der Waals surface area contributed by atoms with Gasteiger partial charge in [0.1, 0.15) is 5.82 Å². The van der Waals surface area contributed by atoms with Gasteiger partial charge in [0.2, 0.25) is 0 Å². The summed E-state index contributed by atoms with van der Waals surface area (Å²) < 4.78 is 13.0. The highest BCUT2D eigenvalue weighted by molar-refractivity contribution is 5.97. The van der Waals surface area contributed by atoms with E-state index in [9.17, 15) is 9.18 Å². The molecule has 1 heterocycles. The van der Waals surface area contributed by atoms with Gasteiger partial charge in [-0.05, 0) is 37.5 Å². The molecule has 1 aromatic heterocycles. The van der Waals surface area contributed by atoms with Crippen molar-refractivity contribution in [3.8, 4) is 0 Å². The smallest absolute Gasteiger partial charge is 0.252 e. The summed E-state index contributed by atoms with van der Waals surface area (Å²) in [6.45, 7) is 0.749. The number of nitrogens with one attached hydrogen (secondary N) is 1. The van der Waals surface area contributed by atoms with Crippen LogP contribution in [0.15, 0.2) is 30.5 Å². The van der Waals surface area contributed by atoms with E-state index in [4.69, 9.17) is 5.11 Å². The fraction of sp³-hybridized carbons (Fsp3) is 0.333. The molecule has 2 N–H and O–H groups in total. The molecule has 106 valence electrons. The summed E-state index contributed by atoms with van der Waals surface area (Å²) in [6.07, 6.45) is 3.91. The molecule has 0 radical (unpaired) electrons. The lowest BCUT2D eigenvalue weighted by atomic mass is 10.1. The van der Waals surface area contributed by atoms with Crippen LogP contribution in [0.5, 0.6) is 0 Å². The number of pyridine rings is 1. The summed E-state index contributed by atoms with van der Waals surface area (Å²) in [5, 5.41) is 12.2. The van der Waals surface area contributed by atoms with Crippen LogP contribution >= 0.6 is 0 Å². The van der Waals surface area contributed by atoms with Crippen molar-refractivity contribution in [3.63, 3.8) is 0 Å². The van der Waals surface area contributed by atoms with Crippen LogP contribution in [0.2, 0.25) is 0 Å². The maximum atomic E-state index is 13.0. The van der Waals surface area contributed by atoms with Gasteiger partial charge in [0.05, 0.1) is 11.1 Å². The molecular weight excluding hydrogens is 259 g/mol. The van der Waals surface area contributed by atoms with Gasteiger partial charge >= 0.3 is 0 Å². The van der Waals surface area contributed by atoms with E-state index in [0.717, 1.165) is 24.6 Å². The molecule has 0 atom stereocenters. The molecule has 0 aliphatic carbocycles. The van der Waals surface area contributed by atoms with Crippen LogP contribution in [0.4, 0.5) is 4.39 Å². The summed E-state index contributed by atoms with van der Waals surface area (Å²) in [6, 6.07) is 5.99. The molecule has 0 saturated carbocycles. The van der Waals surface area contributed by atoms with E-state index in [1.807, 2.05) is 0 Å². The molecule has 5 heteroatoms. The fourth-order valence-corrected chi connectivity index (χ4v) is 1.94. The number of fused-ring (bicyclic) bond motifs is 1. The van der Waals surface area contributed by atoms with Gasteiger partial charge in [-0.2, -0.15) is 0 Å². The van der Waals surface area contributed by atoms with Crippen molar-refractivity contribution in [2.75, 3.05) is 13.2 Å². The Morgan fingerprint density at radius 2 is 2.10 bits per heavy atom. The van der Waals surface area contributed by atoms with Crippen LogP contribution < -0.4 is 5.32 Å². The minimum absolute atomic E-state index is 0.180. The molecule has 0 unspecified atom stereocenters. The maximum Gasteiger partial charge on any atom is 0.252 e. The Bertz CT molecular complexity index is 601. The summed E-state index contributed by atoms with van der Waals surface area (Å²) in [5.41, 5.74) is 0.996. The first kappa shape index (κ1) is 14.4. The molecule has 0 fully saturated rings. The van der Waals surface area contributed by atoms with Gasteiger partial charge in [-0.1, -0.05) is 0 Å². The number of carbonyl (C=O) groups is 1. The van der Waals surface area contributed by atoms with Crippen molar-refractivity contribution in [2.45, 2.75) is 19.3 Å². The summed E-state index contributed by atoms with van der Waals surface area (Å²) in [4.78, 5) is 16.0. The highest BCUT2D eigenvalue weighted by atomic mass is 19.1. The zero-order chi connectivity index (χ0) is 14.4. The second kappa shape index (κ2) is 6.96. The number of amides is 1. The van der Waals surface area contributed by atoms with Crippen LogP contribution in [0, 0.1) is 5.82 Å². The average Bonchev–Trinajstić information content (AvgIpc) is 2.46. The number of aliphatic hydroxyl groups excluding tert-OH is 1. The first-order valence-electron chi connectivity index (χ1n) is 6.65. The van der Waals surface area contributed by atoms with Crippen molar-refractivity contribution < 1.29 is 14.3 Å². The highest BCUT2D eigenvalue weighted by Crippen LogP contribution is 2.14. The molecule has 0 aliphatic heterocycles. The largest absolute Gasteiger partial charge is 0.396 e. The minimum Gasteiger partial charge on any atom is -0.396 e. The molecule has 2 rings (SSSR count). The number of benzene rings is 1. The fourth-order valence-electron chi connectivity index (χ4n) is 1.94. The second-order valence-corrected chi connectivity index (χ2v) is 4.60. The van der Waals surface area contributed by atoms with Gasteiger partial charge in [0, 0.05) is 30.8 Å². The molecule has 0 saturated heterocycles. The average molecular weight is 276 g/mol. The van der Waals surface area contributed by atoms with E-state index in [1.54, 1.807) is 12.1 Å². The lowest BCUT2D eigenvalue weighted by Gasteiger charge is -2.05. The molecular formula is C15H17FN2O2. The SMILES string of the molecule is O=C(NCCCCCO)c1cnc2cc(F)ccc2c1. The van der Waals surface area contributed by atoms with E-state index in [2.05, 4.69) is 10.3 Å². The first-order chi connectivity index (χ1) is 9.70. The second-order valence-electron chi connectivity index (χ2n) is 4.60. The van der Waals surface area contributed by atoms with E-state index < -0.39 is 0 Å². The van der Waals surface area contributed by atoms with Gasteiger partial charge in [0.25, 0.3) is 5.91 Å². The Morgan fingerprint density at radius 3 is 2.90 bits per heavy atom. The number of hydrogen-bond acceptors (Lipinski definition) is 3. The van der Waals surface area contributed by atoms with E-state index in [1.165, 1.54) is 18.3 Å². The Kier molecular flexibility index (Phi) is 5.01. The van der Waals surface area contributed by atoms with Crippen molar-refractivity contribution in [1.29, 1.82) is 0 Å². The molecule has 0 aliphatic rings. The molecule has 2 aromatic rings. The van der Waals surface area contributed by atoms with Crippen molar-refractivity contribution in [1.82, 2.24) is 10.3 Å². The monoisotopic (exact) mass is 276 g/mol. The molecule has 0 spiro atoms. The quantitative estimate of drug-likeness (QED) is 0.796. The number of hydrogen-bond donors (Lipinski definition) is 2. The Morgan fingerprint density at radius 1 is 1.25 bits per heavy atom. The van der Waals surface area contributed by atoms with Crippen LogP contribution in [0.3, 0.4) is 0 Å². The lowest BCUT2D eigenvalue weighted by Crippen LogP contribution is -2.24. The minimum atomic E-state index is -0.342. The number of nitrogens with zero attached hydrogens (tertiary/aromatic N) is 1. The third kappa shape index (κ3) is 3.74. The standard InChI is InChI=1S/C15H17FN2O2/c16-13-5-4-11-8-12(10-18-14(11)9-13)15(20)17-6-2-1-3-7-19/h4-5,8-10,19H,1-3,6-7H2,(H,17,20). The maximum absolute atomic E-state index is 13.0. The number of aromatic nitrogens is 1. The van der Waals surface area contributed by atoms with Crippen LogP contribution in [-0.2, 0) is 0 Å². The van der Waals surface area contributed by atoms with Crippen LogP contribution in [0.25, 0.3) is 10.9 Å². The predicted octanol–water partition coefficient (Wildman–Crippen LogP) is 2.27. The Balaban J connectivity index is 1.98. The molecule has 4 nitrogen and oxygen atoms in total. The highest BCUT2D eigenvalue weighted by Gasteiger charge is 2.07. The van der Waals surface area contributed by atoms with Gasteiger partial charge < -0.3 is 10.4 Å². The number of halogens is 1. The van der Waals surface area contributed by atoms with E-state index in [-0.39, 0.29) is 18.3 Å². The number of rotatable bonds is 6. The zero-order valence-electron chi connectivity index (χ0n) is 11.1. The summed E-state index contributed by atoms with van der Waals surface area (Å²) in [5.74, 6) is -0.529. The first-order valence-corrected chi connectivity index (χ1v) is 6.65. The third-order valence-electron chi connectivity index (χ3n) is 3.03. The van der Waals surface area contributed by atoms with E-state index in [0.29, 0.717) is 17.6 Å². The van der Waals surface area contributed by atoms with Crippen molar-refractivity contribution >= 4 is 16.8 Å².